The molecule has 1 aliphatic heterocycles. The summed E-state index contributed by atoms with van der Waals surface area (Å²) in [6.45, 7) is 5.29. The van der Waals surface area contributed by atoms with E-state index < -0.39 is 5.41 Å². The monoisotopic (exact) mass is 281 g/mol. The second-order valence-corrected chi connectivity index (χ2v) is 6.81. The predicted octanol–water partition coefficient (Wildman–Crippen LogP) is 0.735. The van der Waals surface area contributed by atoms with Gasteiger partial charge in [0, 0.05) is 32.1 Å². The van der Waals surface area contributed by atoms with Crippen LogP contribution in [0.15, 0.2) is 0 Å². The van der Waals surface area contributed by atoms with Gasteiger partial charge >= 0.3 is 0 Å². The van der Waals surface area contributed by atoms with Crippen molar-refractivity contribution in [3.8, 4) is 0 Å². The molecule has 5 nitrogen and oxygen atoms in total. The molecule has 2 aliphatic rings. The van der Waals surface area contributed by atoms with Crippen LogP contribution in [0.25, 0.3) is 0 Å². The van der Waals surface area contributed by atoms with Crippen LogP contribution in [0.4, 0.5) is 0 Å². The van der Waals surface area contributed by atoms with Gasteiger partial charge < -0.3 is 16.0 Å². The maximum atomic E-state index is 12.7. The molecule has 20 heavy (non-hydrogen) atoms. The first-order valence-electron chi connectivity index (χ1n) is 7.64. The fourth-order valence-electron chi connectivity index (χ4n) is 3.57. The van der Waals surface area contributed by atoms with Crippen LogP contribution in [0.5, 0.6) is 0 Å². The van der Waals surface area contributed by atoms with Gasteiger partial charge in [0.2, 0.25) is 11.8 Å². The molecule has 5 heteroatoms. The second kappa shape index (κ2) is 5.72. The van der Waals surface area contributed by atoms with Crippen LogP contribution in [-0.4, -0.2) is 42.9 Å². The molecule has 2 amide bonds. The van der Waals surface area contributed by atoms with E-state index in [-0.39, 0.29) is 23.8 Å². The first kappa shape index (κ1) is 15.3. The molecule has 0 bridgehead atoms. The summed E-state index contributed by atoms with van der Waals surface area (Å²) in [5, 5.41) is 2.71. The molecule has 2 fully saturated rings. The number of nitrogens with two attached hydrogens (primary N) is 1. The average molecular weight is 281 g/mol. The van der Waals surface area contributed by atoms with Gasteiger partial charge in [0.05, 0.1) is 5.41 Å². The third kappa shape index (κ3) is 2.82. The number of carbonyl (C=O) groups is 2. The largest absolute Gasteiger partial charge is 0.359 e. The number of hydrogen-bond acceptors (Lipinski definition) is 3. The molecule has 1 saturated heterocycles. The minimum atomic E-state index is -0.440. The molecule has 0 radical (unpaired) electrons. The van der Waals surface area contributed by atoms with Crippen molar-refractivity contribution in [2.75, 3.05) is 20.1 Å². The van der Waals surface area contributed by atoms with Gasteiger partial charge in [-0.25, -0.2) is 0 Å². The van der Waals surface area contributed by atoms with E-state index in [0.717, 1.165) is 25.7 Å². The molecule has 1 aliphatic carbocycles. The van der Waals surface area contributed by atoms with E-state index in [1.54, 1.807) is 7.05 Å². The van der Waals surface area contributed by atoms with Crippen LogP contribution in [0.3, 0.4) is 0 Å². The predicted molar refractivity (Wildman–Crippen MR) is 77.9 cm³/mol. The highest BCUT2D eigenvalue weighted by Gasteiger charge is 2.44. The SMILES string of the molecule is CNC(=O)C1(C)CCN(C(=O)C2CC(N)CCC2C)C1. The standard InChI is InChI=1S/C15H27N3O2/c1-10-4-5-11(16)8-12(10)13(19)18-7-6-15(2,9-18)14(20)17-3/h10-12H,4-9,16H2,1-3H3,(H,17,20). The Morgan fingerprint density at radius 1 is 1.35 bits per heavy atom. The number of rotatable bonds is 2. The highest BCUT2D eigenvalue weighted by Crippen LogP contribution is 2.35. The molecular weight excluding hydrogens is 254 g/mol. The third-order valence-corrected chi connectivity index (χ3v) is 5.11. The lowest BCUT2D eigenvalue weighted by Gasteiger charge is -2.34. The van der Waals surface area contributed by atoms with Crippen LogP contribution in [-0.2, 0) is 9.59 Å². The topological polar surface area (TPSA) is 75.4 Å². The second-order valence-electron chi connectivity index (χ2n) is 6.81. The molecule has 0 aromatic rings. The van der Waals surface area contributed by atoms with Crippen molar-refractivity contribution in [2.45, 2.75) is 45.6 Å². The fraction of sp³-hybridized carbons (Fsp3) is 0.867. The highest BCUT2D eigenvalue weighted by molar-refractivity contribution is 5.85. The quantitative estimate of drug-likeness (QED) is 0.783. The van der Waals surface area contributed by atoms with Gasteiger partial charge in [-0.05, 0) is 38.5 Å². The van der Waals surface area contributed by atoms with Gasteiger partial charge in [0.25, 0.3) is 0 Å². The smallest absolute Gasteiger partial charge is 0.227 e. The molecule has 114 valence electrons. The van der Waals surface area contributed by atoms with E-state index in [1.165, 1.54) is 0 Å². The van der Waals surface area contributed by atoms with Crippen LogP contribution in [0.2, 0.25) is 0 Å². The lowest BCUT2D eigenvalue weighted by molar-refractivity contribution is -0.138. The van der Waals surface area contributed by atoms with Crippen molar-refractivity contribution in [1.82, 2.24) is 10.2 Å². The number of nitrogens with one attached hydrogen (secondary N) is 1. The molecule has 0 aromatic heterocycles. The Morgan fingerprint density at radius 3 is 2.70 bits per heavy atom. The number of nitrogens with zero attached hydrogens (tertiary/aromatic N) is 1. The normalized spacial score (nSPS) is 37.8. The maximum Gasteiger partial charge on any atom is 0.227 e. The van der Waals surface area contributed by atoms with Crippen molar-refractivity contribution in [3.63, 3.8) is 0 Å². The molecule has 3 N–H and O–H groups in total. The molecular formula is C15H27N3O2. The average Bonchev–Trinajstić information content (AvgIpc) is 2.83. The molecule has 0 aromatic carbocycles. The highest BCUT2D eigenvalue weighted by atomic mass is 16.2. The Hall–Kier alpha value is -1.10. The molecule has 2 rings (SSSR count). The van der Waals surface area contributed by atoms with Crippen LogP contribution >= 0.6 is 0 Å². The fourth-order valence-corrected chi connectivity index (χ4v) is 3.57. The summed E-state index contributed by atoms with van der Waals surface area (Å²) in [6.07, 6.45) is 3.57. The molecule has 1 saturated carbocycles. The van der Waals surface area contributed by atoms with Gasteiger partial charge in [-0.15, -0.1) is 0 Å². The third-order valence-electron chi connectivity index (χ3n) is 5.11. The van der Waals surface area contributed by atoms with Crippen molar-refractivity contribution in [3.05, 3.63) is 0 Å². The zero-order chi connectivity index (χ0) is 14.9. The maximum absolute atomic E-state index is 12.7. The lowest BCUT2D eigenvalue weighted by Crippen LogP contribution is -2.45. The lowest BCUT2D eigenvalue weighted by atomic mass is 9.77. The van der Waals surface area contributed by atoms with Crippen LogP contribution in [0.1, 0.15) is 39.5 Å². The Morgan fingerprint density at radius 2 is 2.05 bits per heavy atom. The summed E-state index contributed by atoms with van der Waals surface area (Å²) < 4.78 is 0. The summed E-state index contributed by atoms with van der Waals surface area (Å²) in [4.78, 5) is 26.5. The van der Waals surface area contributed by atoms with Crippen molar-refractivity contribution >= 4 is 11.8 Å². The van der Waals surface area contributed by atoms with Gasteiger partial charge in [0.1, 0.15) is 0 Å². The first-order valence-corrected chi connectivity index (χ1v) is 7.64. The molecule has 1 heterocycles. The van der Waals surface area contributed by atoms with E-state index in [1.807, 2.05) is 11.8 Å². The molecule has 4 unspecified atom stereocenters. The summed E-state index contributed by atoms with van der Waals surface area (Å²) in [5.74, 6) is 0.654. The van der Waals surface area contributed by atoms with E-state index in [9.17, 15) is 9.59 Å². The Kier molecular flexibility index (Phi) is 4.37. The zero-order valence-corrected chi connectivity index (χ0v) is 12.8. The Bertz CT molecular complexity index is 399. The van der Waals surface area contributed by atoms with Gasteiger partial charge in [-0.1, -0.05) is 6.92 Å². The summed E-state index contributed by atoms with van der Waals surface area (Å²) in [5.41, 5.74) is 5.57. The minimum Gasteiger partial charge on any atom is -0.359 e. The van der Waals surface area contributed by atoms with Gasteiger partial charge in [0.15, 0.2) is 0 Å². The van der Waals surface area contributed by atoms with E-state index in [4.69, 9.17) is 5.73 Å². The van der Waals surface area contributed by atoms with Gasteiger partial charge in [-0.3, -0.25) is 9.59 Å². The minimum absolute atomic E-state index is 0.0289. The van der Waals surface area contributed by atoms with Crippen molar-refractivity contribution in [2.24, 2.45) is 23.0 Å². The summed E-state index contributed by atoms with van der Waals surface area (Å²) >= 11 is 0. The summed E-state index contributed by atoms with van der Waals surface area (Å²) in [7, 11) is 1.65. The van der Waals surface area contributed by atoms with Crippen molar-refractivity contribution < 1.29 is 9.59 Å². The zero-order valence-electron chi connectivity index (χ0n) is 12.8. The first-order chi connectivity index (χ1) is 9.37. The van der Waals surface area contributed by atoms with E-state index >= 15 is 0 Å². The van der Waals surface area contributed by atoms with Crippen LogP contribution < -0.4 is 11.1 Å². The van der Waals surface area contributed by atoms with Crippen LogP contribution in [0, 0.1) is 17.3 Å². The Balaban J connectivity index is 2.02. The number of amides is 2. The number of carbonyl (C=O) groups excluding carboxylic acids is 2. The van der Waals surface area contributed by atoms with Crippen molar-refractivity contribution in [1.29, 1.82) is 0 Å². The number of likely N-dealkylation sites (tertiary alicyclic amines) is 1. The summed E-state index contributed by atoms with van der Waals surface area (Å²) in [6, 6.07) is 0.146. The molecule has 0 spiro atoms. The van der Waals surface area contributed by atoms with Gasteiger partial charge in [-0.2, -0.15) is 0 Å². The van der Waals surface area contributed by atoms with E-state index in [0.29, 0.717) is 19.0 Å². The number of hydrogen-bond donors (Lipinski definition) is 2. The molecule has 4 atom stereocenters. The Labute approximate surface area is 121 Å². The van der Waals surface area contributed by atoms with E-state index in [2.05, 4.69) is 12.2 Å².